The van der Waals surface area contributed by atoms with Gasteiger partial charge in [-0.3, -0.25) is 4.79 Å². The van der Waals surface area contributed by atoms with Gasteiger partial charge in [-0.15, -0.1) is 0 Å². The molecular weight excluding hydrogens is 460 g/mol. The Hall–Kier alpha value is -3.58. The second-order valence-electron chi connectivity index (χ2n) is 7.01. The summed E-state index contributed by atoms with van der Waals surface area (Å²) in [5.74, 6) is 2.00. The van der Waals surface area contributed by atoms with E-state index in [2.05, 4.69) is 26.5 Å². The highest BCUT2D eigenvalue weighted by molar-refractivity contribution is 9.10. The molecule has 0 saturated heterocycles. The fraction of sp³-hybridized carbons (Fsp3) is 0.0833. The summed E-state index contributed by atoms with van der Waals surface area (Å²) in [4.78, 5) is 12.5. The Labute approximate surface area is 186 Å². The Morgan fingerprint density at radius 3 is 2.61 bits per heavy atom. The summed E-state index contributed by atoms with van der Waals surface area (Å²) in [5, 5.41) is 6.05. The molecule has 7 heteroatoms. The number of nitrogens with one attached hydrogen (secondary N) is 1. The maximum absolute atomic E-state index is 12.5. The highest BCUT2D eigenvalue weighted by Gasteiger charge is 2.27. The van der Waals surface area contributed by atoms with E-state index in [1.54, 1.807) is 6.07 Å². The van der Waals surface area contributed by atoms with Crippen molar-refractivity contribution in [2.24, 2.45) is 5.10 Å². The van der Waals surface area contributed by atoms with Gasteiger partial charge < -0.3 is 13.9 Å². The zero-order valence-electron chi connectivity index (χ0n) is 16.2. The third-order valence-electron chi connectivity index (χ3n) is 4.87. The lowest BCUT2D eigenvalue weighted by Gasteiger charge is -2.25. The van der Waals surface area contributed by atoms with Crippen molar-refractivity contribution >= 4 is 38.8 Å². The smallest absolute Gasteiger partial charge is 0.284 e. The second kappa shape index (κ2) is 8.28. The second-order valence-corrected chi connectivity index (χ2v) is 7.93. The molecule has 0 radical (unpaired) electrons. The first-order chi connectivity index (χ1) is 15.2. The van der Waals surface area contributed by atoms with E-state index in [9.17, 15) is 4.79 Å². The van der Waals surface area contributed by atoms with Gasteiger partial charge in [0.1, 0.15) is 18.1 Å². The van der Waals surface area contributed by atoms with Crippen molar-refractivity contribution in [3.05, 3.63) is 83.0 Å². The van der Waals surface area contributed by atoms with Crippen LogP contribution in [-0.2, 0) is 4.79 Å². The number of benzene rings is 3. The van der Waals surface area contributed by atoms with Gasteiger partial charge in [0.05, 0.1) is 6.21 Å². The highest BCUT2D eigenvalue weighted by atomic mass is 79.9. The van der Waals surface area contributed by atoms with E-state index in [4.69, 9.17) is 13.9 Å². The molecule has 1 amide bonds. The van der Waals surface area contributed by atoms with Crippen LogP contribution in [-0.4, -0.2) is 24.8 Å². The number of hydrogen-bond donors (Lipinski definition) is 1. The van der Waals surface area contributed by atoms with E-state index in [-0.39, 0.29) is 6.61 Å². The number of halogens is 1. The lowest BCUT2D eigenvalue weighted by Crippen LogP contribution is -2.42. The van der Waals surface area contributed by atoms with Crippen molar-refractivity contribution in [1.29, 1.82) is 0 Å². The minimum absolute atomic E-state index is 0.112. The summed E-state index contributed by atoms with van der Waals surface area (Å²) in [6, 6.07) is 23.1. The van der Waals surface area contributed by atoms with Gasteiger partial charge in [0.25, 0.3) is 5.91 Å². The fourth-order valence-electron chi connectivity index (χ4n) is 3.34. The Morgan fingerprint density at radius 2 is 1.81 bits per heavy atom. The number of rotatable bonds is 4. The van der Waals surface area contributed by atoms with E-state index < -0.39 is 12.0 Å². The van der Waals surface area contributed by atoms with E-state index in [0.717, 1.165) is 20.8 Å². The van der Waals surface area contributed by atoms with Gasteiger partial charge in [-0.05, 0) is 47.2 Å². The molecule has 5 rings (SSSR count). The molecule has 1 unspecified atom stereocenters. The molecule has 2 heterocycles. The molecule has 0 bridgehead atoms. The summed E-state index contributed by atoms with van der Waals surface area (Å²) in [6.07, 6.45) is 0.657. The molecule has 4 aromatic rings. The zero-order chi connectivity index (χ0) is 21.2. The number of carbonyl (C=O) groups is 1. The summed E-state index contributed by atoms with van der Waals surface area (Å²) >= 11 is 3.45. The lowest BCUT2D eigenvalue weighted by atomic mass is 10.1. The molecule has 1 aromatic heterocycles. The van der Waals surface area contributed by atoms with Crippen LogP contribution in [0.3, 0.4) is 0 Å². The van der Waals surface area contributed by atoms with Crippen LogP contribution in [0.15, 0.2) is 86.8 Å². The van der Waals surface area contributed by atoms with E-state index >= 15 is 0 Å². The number of ether oxygens (including phenoxy) is 2. The summed E-state index contributed by atoms with van der Waals surface area (Å²) in [5.41, 5.74) is 3.43. The van der Waals surface area contributed by atoms with Gasteiger partial charge >= 0.3 is 0 Å². The first kappa shape index (κ1) is 19.4. The van der Waals surface area contributed by atoms with E-state index in [0.29, 0.717) is 23.0 Å². The van der Waals surface area contributed by atoms with Gasteiger partial charge in [-0.1, -0.05) is 52.3 Å². The van der Waals surface area contributed by atoms with Gasteiger partial charge in [-0.25, -0.2) is 5.43 Å². The van der Waals surface area contributed by atoms with Crippen LogP contribution in [0.1, 0.15) is 5.76 Å². The molecule has 1 aliphatic heterocycles. The molecule has 31 heavy (non-hydrogen) atoms. The molecular formula is C24H17BrN2O4. The number of fused-ring (bicyclic) bond motifs is 2. The monoisotopic (exact) mass is 476 g/mol. The average Bonchev–Trinajstić information content (AvgIpc) is 3.26. The van der Waals surface area contributed by atoms with Gasteiger partial charge in [0.15, 0.2) is 11.5 Å². The van der Waals surface area contributed by atoms with Crippen molar-refractivity contribution in [2.45, 2.75) is 6.10 Å². The van der Waals surface area contributed by atoms with Gasteiger partial charge in [0.2, 0.25) is 6.10 Å². The molecule has 0 spiro atoms. The maximum atomic E-state index is 12.5. The van der Waals surface area contributed by atoms with Crippen molar-refractivity contribution in [3.63, 3.8) is 0 Å². The topological polar surface area (TPSA) is 73.1 Å². The largest absolute Gasteiger partial charge is 0.485 e. The van der Waals surface area contributed by atoms with Crippen LogP contribution >= 0.6 is 15.9 Å². The van der Waals surface area contributed by atoms with Crippen LogP contribution in [0.25, 0.3) is 22.1 Å². The number of carbonyl (C=O) groups excluding carboxylic acids is 1. The normalized spacial score (nSPS) is 15.3. The minimum atomic E-state index is -0.792. The Kier molecular flexibility index (Phi) is 5.18. The fourth-order valence-corrected chi connectivity index (χ4v) is 3.74. The third kappa shape index (κ3) is 4.18. The number of amides is 1. The Bertz CT molecular complexity index is 1300. The summed E-state index contributed by atoms with van der Waals surface area (Å²) < 4.78 is 18.3. The number of hydrogen-bond acceptors (Lipinski definition) is 5. The zero-order valence-corrected chi connectivity index (χ0v) is 17.8. The standard InChI is InChI=1S/C24H17BrN2O4/c25-18-7-3-6-17(10-18)20-9-8-19(30-20)13-26-27-24(28)23-14-29-21-11-15-4-1-2-5-16(15)12-22(21)31-23/h1-13,23H,14H2,(H,27,28). The SMILES string of the molecule is O=C(NN=Cc1ccc(-c2cccc(Br)c2)o1)C1COc2cc3ccccc3cc2O1. The van der Waals surface area contributed by atoms with Crippen molar-refractivity contribution in [2.75, 3.05) is 6.61 Å². The minimum Gasteiger partial charge on any atom is -0.485 e. The predicted octanol–water partition coefficient (Wildman–Crippen LogP) is 5.15. The van der Waals surface area contributed by atoms with Crippen LogP contribution in [0.4, 0.5) is 0 Å². The first-order valence-corrected chi connectivity index (χ1v) is 10.5. The highest BCUT2D eigenvalue weighted by Crippen LogP contribution is 2.35. The molecule has 1 N–H and O–H groups in total. The van der Waals surface area contributed by atoms with Crippen molar-refractivity contribution in [1.82, 2.24) is 5.43 Å². The number of nitrogens with zero attached hydrogens (tertiary/aromatic N) is 1. The molecule has 6 nitrogen and oxygen atoms in total. The van der Waals surface area contributed by atoms with Crippen LogP contribution in [0.2, 0.25) is 0 Å². The van der Waals surface area contributed by atoms with Crippen molar-refractivity contribution in [3.8, 4) is 22.8 Å². The maximum Gasteiger partial charge on any atom is 0.284 e. The molecule has 3 aromatic carbocycles. The molecule has 1 aliphatic rings. The Balaban J connectivity index is 1.23. The molecule has 0 aliphatic carbocycles. The average molecular weight is 477 g/mol. The number of furan rings is 1. The Morgan fingerprint density at radius 1 is 1.00 bits per heavy atom. The third-order valence-corrected chi connectivity index (χ3v) is 5.36. The quantitative estimate of drug-likeness (QED) is 0.326. The van der Waals surface area contributed by atoms with E-state index in [1.807, 2.05) is 66.7 Å². The molecule has 0 saturated carbocycles. The van der Waals surface area contributed by atoms with Crippen LogP contribution < -0.4 is 14.9 Å². The van der Waals surface area contributed by atoms with Gasteiger partial charge in [0, 0.05) is 10.0 Å². The van der Waals surface area contributed by atoms with Crippen LogP contribution in [0.5, 0.6) is 11.5 Å². The first-order valence-electron chi connectivity index (χ1n) is 9.67. The summed E-state index contributed by atoms with van der Waals surface area (Å²) in [6.45, 7) is 0.112. The van der Waals surface area contributed by atoms with Gasteiger partial charge in [-0.2, -0.15) is 5.10 Å². The van der Waals surface area contributed by atoms with Crippen molar-refractivity contribution < 1.29 is 18.7 Å². The molecule has 0 fully saturated rings. The lowest BCUT2D eigenvalue weighted by molar-refractivity contribution is -0.130. The summed E-state index contributed by atoms with van der Waals surface area (Å²) in [7, 11) is 0. The predicted molar refractivity (Wildman–Crippen MR) is 121 cm³/mol. The van der Waals surface area contributed by atoms with Crippen LogP contribution in [0, 0.1) is 0 Å². The van der Waals surface area contributed by atoms with E-state index in [1.165, 1.54) is 6.21 Å². The molecule has 154 valence electrons. The molecule has 1 atom stereocenters. The number of hydrazone groups is 1.